The van der Waals surface area contributed by atoms with Crippen LogP contribution in [0.3, 0.4) is 0 Å². The maximum atomic E-state index is 13.5. The molecule has 1 fully saturated rings. The first kappa shape index (κ1) is 21.9. The van der Waals surface area contributed by atoms with Crippen molar-refractivity contribution in [1.82, 2.24) is 19.8 Å². The molecule has 2 aromatic rings. The molecule has 1 unspecified atom stereocenters. The number of hydrogen-bond donors (Lipinski definition) is 2. The maximum absolute atomic E-state index is 13.5. The van der Waals surface area contributed by atoms with Crippen LogP contribution in [0.5, 0.6) is 0 Å². The Hall–Kier alpha value is -2.82. The molecule has 0 spiro atoms. The summed E-state index contributed by atoms with van der Waals surface area (Å²) in [7, 11) is -2.43. The second-order valence-electron chi connectivity index (χ2n) is 6.78. The third kappa shape index (κ3) is 4.84. The number of urea groups is 1. The monoisotopic (exact) mass is 434 g/mol. The lowest BCUT2D eigenvalue weighted by molar-refractivity contribution is -0.126. The van der Waals surface area contributed by atoms with Gasteiger partial charge in [0, 0.05) is 33.2 Å². The summed E-state index contributed by atoms with van der Waals surface area (Å²) in [5, 5.41) is 4.64. The summed E-state index contributed by atoms with van der Waals surface area (Å²) in [6.07, 6.45) is 0. The Morgan fingerprint density at radius 3 is 2.27 bits per heavy atom. The number of nitrogens with one attached hydrogen (secondary N) is 2. The van der Waals surface area contributed by atoms with Gasteiger partial charge < -0.3 is 5.32 Å². The van der Waals surface area contributed by atoms with Crippen LogP contribution in [0.15, 0.2) is 59.5 Å². The molecule has 8 nitrogen and oxygen atoms in total. The number of amides is 3. The molecule has 1 aliphatic heterocycles. The lowest BCUT2D eigenvalue weighted by atomic mass is 10.0. The Balaban J connectivity index is 1.77. The third-order valence-electron chi connectivity index (χ3n) is 4.90. The van der Waals surface area contributed by atoms with E-state index in [1.54, 1.807) is 24.3 Å². The van der Waals surface area contributed by atoms with Gasteiger partial charge in [-0.05, 0) is 23.8 Å². The maximum Gasteiger partial charge on any atom is 0.321 e. The van der Waals surface area contributed by atoms with Crippen molar-refractivity contribution in [2.45, 2.75) is 10.9 Å². The second-order valence-corrected chi connectivity index (χ2v) is 8.72. The molecular formula is C20H23FN4O4S. The lowest BCUT2D eigenvalue weighted by Crippen LogP contribution is -2.53. The number of rotatable bonds is 5. The zero-order valence-corrected chi connectivity index (χ0v) is 17.2. The number of imide groups is 1. The van der Waals surface area contributed by atoms with Gasteiger partial charge in [0.05, 0.1) is 4.90 Å². The average Bonchev–Trinajstić information content (AvgIpc) is 2.75. The molecule has 30 heavy (non-hydrogen) atoms. The first-order valence-corrected chi connectivity index (χ1v) is 10.8. The zero-order valence-electron chi connectivity index (χ0n) is 16.4. The molecule has 0 aliphatic carbocycles. The van der Waals surface area contributed by atoms with E-state index in [1.165, 1.54) is 29.6 Å². The van der Waals surface area contributed by atoms with E-state index in [1.807, 2.05) is 11.0 Å². The molecule has 2 aromatic carbocycles. The fourth-order valence-electron chi connectivity index (χ4n) is 3.38. The molecule has 1 heterocycles. The summed E-state index contributed by atoms with van der Waals surface area (Å²) >= 11 is 0. The molecular weight excluding hydrogens is 411 g/mol. The standard InChI is InChI=1S/C20H23FN4O4S/c1-22-20(27)23-19(26)18(15-6-3-2-4-7-15)24-10-12-25(13-11-24)30(28,29)17-9-5-8-16(21)14-17/h2-9,14,18H,10-13H2,1H3,(H2,22,23,26,27). The van der Waals surface area contributed by atoms with Crippen LogP contribution in [0, 0.1) is 5.82 Å². The molecule has 0 bridgehead atoms. The third-order valence-corrected chi connectivity index (χ3v) is 6.79. The summed E-state index contributed by atoms with van der Waals surface area (Å²) in [5.41, 5.74) is 0.695. The number of hydrogen-bond acceptors (Lipinski definition) is 5. The van der Waals surface area contributed by atoms with Crippen LogP contribution in [0.4, 0.5) is 9.18 Å². The van der Waals surface area contributed by atoms with E-state index in [0.717, 1.165) is 6.07 Å². The number of sulfonamides is 1. The quantitative estimate of drug-likeness (QED) is 0.740. The van der Waals surface area contributed by atoms with Gasteiger partial charge in [-0.2, -0.15) is 4.31 Å². The van der Waals surface area contributed by atoms with E-state index in [4.69, 9.17) is 0 Å². The van der Waals surface area contributed by atoms with Crippen molar-refractivity contribution in [1.29, 1.82) is 0 Å². The van der Waals surface area contributed by atoms with Crippen molar-refractivity contribution in [3.05, 3.63) is 66.0 Å². The number of carbonyl (C=O) groups is 2. The SMILES string of the molecule is CNC(=O)NC(=O)C(c1ccccc1)N1CCN(S(=O)(=O)c2cccc(F)c2)CC1. The van der Waals surface area contributed by atoms with Gasteiger partial charge >= 0.3 is 6.03 Å². The Labute approximate surface area is 174 Å². The topological polar surface area (TPSA) is 98.8 Å². The van der Waals surface area contributed by atoms with Gasteiger partial charge in [0.2, 0.25) is 15.9 Å². The predicted molar refractivity (Wildman–Crippen MR) is 109 cm³/mol. The van der Waals surface area contributed by atoms with Gasteiger partial charge in [0.1, 0.15) is 11.9 Å². The molecule has 0 radical (unpaired) electrons. The lowest BCUT2D eigenvalue weighted by Gasteiger charge is -2.38. The van der Waals surface area contributed by atoms with Crippen LogP contribution in [-0.4, -0.2) is 62.8 Å². The van der Waals surface area contributed by atoms with Gasteiger partial charge in [-0.15, -0.1) is 0 Å². The molecule has 1 aliphatic rings. The largest absolute Gasteiger partial charge is 0.341 e. The van der Waals surface area contributed by atoms with Crippen molar-refractivity contribution in [2.75, 3.05) is 33.2 Å². The minimum absolute atomic E-state index is 0.104. The van der Waals surface area contributed by atoms with Gasteiger partial charge in [0.15, 0.2) is 0 Å². The Kier molecular flexibility index (Phi) is 6.80. The minimum Gasteiger partial charge on any atom is -0.341 e. The van der Waals surface area contributed by atoms with Crippen molar-refractivity contribution < 1.29 is 22.4 Å². The number of nitrogens with zero attached hydrogens (tertiary/aromatic N) is 2. The molecule has 10 heteroatoms. The molecule has 0 saturated carbocycles. The van der Waals surface area contributed by atoms with Crippen molar-refractivity contribution >= 4 is 22.0 Å². The van der Waals surface area contributed by atoms with Gasteiger partial charge in [-0.3, -0.25) is 15.0 Å². The molecule has 3 rings (SSSR count). The molecule has 160 valence electrons. The van der Waals surface area contributed by atoms with E-state index in [2.05, 4.69) is 10.6 Å². The predicted octanol–water partition coefficient (Wildman–Crippen LogP) is 1.33. The van der Waals surface area contributed by atoms with Crippen molar-refractivity contribution in [2.24, 2.45) is 0 Å². The molecule has 0 aromatic heterocycles. The van der Waals surface area contributed by atoms with Crippen LogP contribution in [0.25, 0.3) is 0 Å². The highest BCUT2D eigenvalue weighted by atomic mass is 32.2. The second kappa shape index (κ2) is 9.33. The number of halogens is 1. The molecule has 3 amide bonds. The van der Waals surface area contributed by atoms with Gasteiger partial charge in [0.25, 0.3) is 0 Å². The smallest absolute Gasteiger partial charge is 0.321 e. The van der Waals surface area contributed by atoms with E-state index >= 15 is 0 Å². The summed E-state index contributed by atoms with van der Waals surface area (Å²) in [6, 6.07) is 12.5. The highest BCUT2D eigenvalue weighted by Gasteiger charge is 2.35. The molecule has 1 atom stereocenters. The first-order chi connectivity index (χ1) is 14.3. The van der Waals surface area contributed by atoms with Crippen LogP contribution in [0.1, 0.15) is 11.6 Å². The highest BCUT2D eigenvalue weighted by molar-refractivity contribution is 7.89. The fourth-order valence-corrected chi connectivity index (χ4v) is 4.84. The zero-order chi connectivity index (χ0) is 21.7. The van der Waals surface area contributed by atoms with E-state index in [9.17, 15) is 22.4 Å². The van der Waals surface area contributed by atoms with E-state index in [-0.39, 0.29) is 31.1 Å². The van der Waals surface area contributed by atoms with Crippen LogP contribution in [-0.2, 0) is 14.8 Å². The summed E-state index contributed by atoms with van der Waals surface area (Å²) in [6.45, 7) is 0.815. The van der Waals surface area contributed by atoms with Crippen LogP contribution < -0.4 is 10.6 Å². The van der Waals surface area contributed by atoms with Crippen molar-refractivity contribution in [3.63, 3.8) is 0 Å². The summed E-state index contributed by atoms with van der Waals surface area (Å²) in [5.74, 6) is -1.12. The summed E-state index contributed by atoms with van der Waals surface area (Å²) in [4.78, 5) is 26.1. The highest BCUT2D eigenvalue weighted by Crippen LogP contribution is 2.25. The fraction of sp³-hybridized carbons (Fsp3) is 0.300. The van der Waals surface area contributed by atoms with Crippen LogP contribution >= 0.6 is 0 Å². The molecule has 1 saturated heterocycles. The average molecular weight is 434 g/mol. The molecule has 2 N–H and O–H groups in total. The van der Waals surface area contributed by atoms with E-state index in [0.29, 0.717) is 5.56 Å². The van der Waals surface area contributed by atoms with Crippen molar-refractivity contribution in [3.8, 4) is 0 Å². The first-order valence-electron chi connectivity index (χ1n) is 9.40. The number of benzene rings is 2. The normalized spacial score (nSPS) is 16.6. The van der Waals surface area contributed by atoms with Gasteiger partial charge in [-0.25, -0.2) is 17.6 Å². The Morgan fingerprint density at radius 2 is 1.67 bits per heavy atom. The van der Waals surface area contributed by atoms with E-state index < -0.39 is 33.8 Å². The number of carbonyl (C=O) groups excluding carboxylic acids is 2. The Bertz CT molecular complexity index is 1010. The Morgan fingerprint density at radius 1 is 1.00 bits per heavy atom. The number of piperazine rings is 1. The minimum atomic E-state index is -3.84. The summed E-state index contributed by atoms with van der Waals surface area (Å²) < 4.78 is 40.4. The van der Waals surface area contributed by atoms with Gasteiger partial charge in [-0.1, -0.05) is 36.4 Å². The van der Waals surface area contributed by atoms with Crippen LogP contribution in [0.2, 0.25) is 0 Å².